The SMILES string of the molecule is BrCCN(Cc1cn2ccsc2n1)C1CCCC1. The van der Waals surface area contributed by atoms with E-state index in [9.17, 15) is 0 Å². The number of nitrogens with zero attached hydrogens (tertiary/aromatic N) is 3. The highest BCUT2D eigenvalue weighted by atomic mass is 79.9. The zero-order valence-electron chi connectivity index (χ0n) is 10.4. The molecular weight excluding hydrogens is 310 g/mol. The number of alkyl halides is 1. The molecule has 1 saturated carbocycles. The Morgan fingerprint density at radius 3 is 3.00 bits per heavy atom. The maximum atomic E-state index is 4.69. The summed E-state index contributed by atoms with van der Waals surface area (Å²) in [6.45, 7) is 2.11. The van der Waals surface area contributed by atoms with Crippen LogP contribution in [0.4, 0.5) is 0 Å². The summed E-state index contributed by atoms with van der Waals surface area (Å²) < 4.78 is 2.13. The molecule has 0 amide bonds. The first-order chi connectivity index (χ1) is 8.86. The maximum Gasteiger partial charge on any atom is 0.193 e. The average molecular weight is 328 g/mol. The second kappa shape index (κ2) is 5.72. The fourth-order valence-corrected chi connectivity index (χ4v) is 4.00. The van der Waals surface area contributed by atoms with Gasteiger partial charge in [-0.2, -0.15) is 0 Å². The minimum absolute atomic E-state index is 0.766. The van der Waals surface area contributed by atoms with Crippen molar-refractivity contribution in [2.24, 2.45) is 0 Å². The van der Waals surface area contributed by atoms with Crippen LogP contribution >= 0.6 is 27.3 Å². The van der Waals surface area contributed by atoms with Crippen molar-refractivity contribution in [3.8, 4) is 0 Å². The number of rotatable bonds is 5. The van der Waals surface area contributed by atoms with E-state index < -0.39 is 0 Å². The Bertz CT molecular complexity index is 473. The van der Waals surface area contributed by atoms with E-state index in [1.165, 1.54) is 31.4 Å². The van der Waals surface area contributed by atoms with Gasteiger partial charge in [-0.05, 0) is 12.8 Å². The van der Waals surface area contributed by atoms with Crippen molar-refractivity contribution in [1.29, 1.82) is 0 Å². The van der Waals surface area contributed by atoms with Gasteiger partial charge in [-0.1, -0.05) is 28.8 Å². The summed E-state index contributed by atoms with van der Waals surface area (Å²) in [6.07, 6.45) is 9.75. The van der Waals surface area contributed by atoms with Crippen LogP contribution in [0.1, 0.15) is 31.4 Å². The Morgan fingerprint density at radius 2 is 2.28 bits per heavy atom. The van der Waals surface area contributed by atoms with Gasteiger partial charge in [0.05, 0.1) is 5.69 Å². The third-order valence-corrected chi connectivity index (χ3v) is 4.85. The van der Waals surface area contributed by atoms with Gasteiger partial charge in [0.15, 0.2) is 4.96 Å². The molecule has 2 heterocycles. The van der Waals surface area contributed by atoms with Crippen LogP contribution in [0.25, 0.3) is 4.96 Å². The molecule has 5 heteroatoms. The Kier molecular flexibility index (Phi) is 4.01. The summed E-state index contributed by atoms with van der Waals surface area (Å²) in [6, 6.07) is 0.766. The zero-order chi connectivity index (χ0) is 12.4. The third-order valence-electron chi connectivity index (χ3n) is 3.72. The van der Waals surface area contributed by atoms with Gasteiger partial charge in [0, 0.05) is 42.2 Å². The fraction of sp³-hybridized carbons (Fsp3) is 0.615. The molecule has 2 aromatic rings. The molecule has 1 aliphatic carbocycles. The number of fused-ring (bicyclic) bond motifs is 1. The minimum Gasteiger partial charge on any atom is -0.297 e. The van der Waals surface area contributed by atoms with Crippen molar-refractivity contribution in [1.82, 2.24) is 14.3 Å². The van der Waals surface area contributed by atoms with E-state index >= 15 is 0 Å². The molecular formula is C13H18BrN3S. The van der Waals surface area contributed by atoms with E-state index in [0.29, 0.717) is 0 Å². The van der Waals surface area contributed by atoms with Crippen molar-refractivity contribution in [3.63, 3.8) is 0 Å². The molecule has 18 heavy (non-hydrogen) atoms. The highest BCUT2D eigenvalue weighted by Crippen LogP contribution is 2.25. The van der Waals surface area contributed by atoms with Crippen molar-refractivity contribution in [2.75, 3.05) is 11.9 Å². The second-order valence-electron chi connectivity index (χ2n) is 4.92. The van der Waals surface area contributed by atoms with Crippen LogP contribution in [0.2, 0.25) is 0 Å². The molecule has 1 fully saturated rings. The molecule has 0 radical (unpaired) electrons. The molecule has 0 spiro atoms. The van der Waals surface area contributed by atoms with Crippen molar-refractivity contribution in [3.05, 3.63) is 23.5 Å². The topological polar surface area (TPSA) is 20.5 Å². The lowest BCUT2D eigenvalue weighted by molar-refractivity contribution is 0.200. The van der Waals surface area contributed by atoms with E-state index in [-0.39, 0.29) is 0 Å². The molecule has 0 N–H and O–H groups in total. The smallest absolute Gasteiger partial charge is 0.193 e. The number of aromatic nitrogens is 2. The van der Waals surface area contributed by atoms with E-state index in [1.54, 1.807) is 11.3 Å². The molecule has 0 bridgehead atoms. The van der Waals surface area contributed by atoms with Crippen LogP contribution in [0.3, 0.4) is 0 Å². The van der Waals surface area contributed by atoms with Crippen LogP contribution in [-0.4, -0.2) is 32.2 Å². The third kappa shape index (κ3) is 2.63. The summed E-state index contributed by atoms with van der Waals surface area (Å²) in [5.74, 6) is 0. The lowest BCUT2D eigenvalue weighted by Gasteiger charge is -2.27. The van der Waals surface area contributed by atoms with Gasteiger partial charge < -0.3 is 0 Å². The van der Waals surface area contributed by atoms with Crippen LogP contribution in [0.15, 0.2) is 17.8 Å². The van der Waals surface area contributed by atoms with Crippen LogP contribution in [-0.2, 0) is 6.54 Å². The van der Waals surface area contributed by atoms with Crippen LogP contribution in [0, 0.1) is 0 Å². The van der Waals surface area contributed by atoms with E-state index in [1.807, 2.05) is 0 Å². The average Bonchev–Trinajstić information content (AvgIpc) is 3.04. The van der Waals surface area contributed by atoms with E-state index in [0.717, 1.165) is 29.4 Å². The molecule has 0 aromatic carbocycles. The van der Waals surface area contributed by atoms with E-state index in [4.69, 9.17) is 4.98 Å². The first-order valence-electron chi connectivity index (χ1n) is 6.58. The summed E-state index contributed by atoms with van der Waals surface area (Å²) in [5, 5.41) is 3.13. The number of halogens is 1. The number of hydrogen-bond donors (Lipinski definition) is 0. The first kappa shape index (κ1) is 12.6. The quantitative estimate of drug-likeness (QED) is 0.783. The van der Waals surface area contributed by atoms with Gasteiger partial charge in [0.1, 0.15) is 0 Å². The minimum atomic E-state index is 0.766. The standard InChI is InChI=1S/C13H18BrN3S/c14-5-6-16(12-3-1-2-4-12)9-11-10-17-7-8-18-13(17)15-11/h7-8,10,12H,1-6,9H2. The molecule has 98 valence electrons. The Morgan fingerprint density at radius 1 is 1.44 bits per heavy atom. The monoisotopic (exact) mass is 327 g/mol. The van der Waals surface area contributed by atoms with Gasteiger partial charge in [-0.15, -0.1) is 11.3 Å². The zero-order valence-corrected chi connectivity index (χ0v) is 12.8. The fourth-order valence-electron chi connectivity index (χ4n) is 2.83. The Balaban J connectivity index is 1.72. The molecule has 0 atom stereocenters. The summed E-state index contributed by atoms with van der Waals surface area (Å²) in [5.41, 5.74) is 1.20. The Hall–Kier alpha value is -0.390. The highest BCUT2D eigenvalue weighted by Gasteiger charge is 2.22. The van der Waals surface area contributed by atoms with E-state index in [2.05, 4.69) is 43.0 Å². The van der Waals surface area contributed by atoms with Gasteiger partial charge in [-0.25, -0.2) is 4.98 Å². The van der Waals surface area contributed by atoms with Crippen molar-refractivity contribution >= 4 is 32.2 Å². The molecule has 2 aromatic heterocycles. The predicted molar refractivity (Wildman–Crippen MR) is 79.5 cm³/mol. The lowest BCUT2D eigenvalue weighted by Crippen LogP contribution is -2.34. The van der Waals surface area contributed by atoms with Gasteiger partial charge in [-0.3, -0.25) is 9.30 Å². The largest absolute Gasteiger partial charge is 0.297 e. The van der Waals surface area contributed by atoms with Crippen molar-refractivity contribution < 1.29 is 0 Å². The Labute approximate surface area is 120 Å². The lowest BCUT2D eigenvalue weighted by atomic mass is 10.2. The summed E-state index contributed by atoms with van der Waals surface area (Å²) >= 11 is 5.28. The van der Waals surface area contributed by atoms with Gasteiger partial charge >= 0.3 is 0 Å². The summed E-state index contributed by atoms with van der Waals surface area (Å²) in [4.78, 5) is 8.39. The first-order valence-corrected chi connectivity index (χ1v) is 8.58. The van der Waals surface area contributed by atoms with Crippen LogP contribution < -0.4 is 0 Å². The highest BCUT2D eigenvalue weighted by molar-refractivity contribution is 9.09. The molecule has 3 rings (SSSR count). The number of hydrogen-bond acceptors (Lipinski definition) is 3. The number of thiazole rings is 1. The molecule has 0 aliphatic heterocycles. The predicted octanol–water partition coefficient (Wildman–Crippen LogP) is 3.54. The second-order valence-corrected chi connectivity index (χ2v) is 6.59. The molecule has 0 unspecified atom stereocenters. The molecule has 3 nitrogen and oxygen atoms in total. The molecule has 1 aliphatic rings. The van der Waals surface area contributed by atoms with Crippen molar-refractivity contribution in [2.45, 2.75) is 38.3 Å². The normalized spacial score (nSPS) is 17.2. The van der Waals surface area contributed by atoms with Crippen LogP contribution in [0.5, 0.6) is 0 Å². The maximum absolute atomic E-state index is 4.69. The van der Waals surface area contributed by atoms with Gasteiger partial charge in [0.2, 0.25) is 0 Å². The van der Waals surface area contributed by atoms with Gasteiger partial charge in [0.25, 0.3) is 0 Å². The number of imidazole rings is 1. The molecule has 0 saturated heterocycles. The summed E-state index contributed by atoms with van der Waals surface area (Å²) in [7, 11) is 0.